The Kier molecular flexibility index (Phi) is 2.75. The van der Waals surface area contributed by atoms with E-state index in [0.717, 1.165) is 25.8 Å². The van der Waals surface area contributed by atoms with Crippen molar-refractivity contribution in [1.82, 2.24) is 5.32 Å². The van der Waals surface area contributed by atoms with Crippen molar-refractivity contribution in [2.75, 3.05) is 13.1 Å². The molecule has 2 saturated carbocycles. The Morgan fingerprint density at radius 3 is 2.20 bits per heavy atom. The normalized spacial score (nSPS) is 26.3. The summed E-state index contributed by atoms with van der Waals surface area (Å²) in [7, 11) is 0. The van der Waals surface area contributed by atoms with Crippen molar-refractivity contribution in [1.29, 1.82) is 0 Å². The lowest BCUT2D eigenvalue weighted by Gasteiger charge is -2.42. The SMILES string of the molecule is CC1(CNC(=O)C2(CN)CCC2)CCC1. The Bertz CT molecular complexity index is 249. The van der Waals surface area contributed by atoms with Crippen LogP contribution in [0.1, 0.15) is 45.4 Å². The zero-order valence-electron chi connectivity index (χ0n) is 9.64. The van der Waals surface area contributed by atoms with Gasteiger partial charge in [-0.3, -0.25) is 4.79 Å². The van der Waals surface area contributed by atoms with Crippen molar-refractivity contribution in [2.45, 2.75) is 45.4 Å². The summed E-state index contributed by atoms with van der Waals surface area (Å²) in [6, 6.07) is 0. The average Bonchev–Trinajstić information content (AvgIpc) is 2.11. The van der Waals surface area contributed by atoms with Crippen molar-refractivity contribution >= 4 is 5.91 Å². The van der Waals surface area contributed by atoms with E-state index in [2.05, 4.69) is 12.2 Å². The average molecular weight is 210 g/mol. The quantitative estimate of drug-likeness (QED) is 0.737. The molecule has 0 aromatic rings. The number of nitrogens with two attached hydrogens (primary N) is 1. The lowest BCUT2D eigenvalue weighted by molar-refractivity contribution is -0.136. The van der Waals surface area contributed by atoms with Crippen LogP contribution in [-0.4, -0.2) is 19.0 Å². The molecular formula is C12H22N2O. The fourth-order valence-electron chi connectivity index (χ4n) is 2.57. The Morgan fingerprint density at radius 2 is 1.87 bits per heavy atom. The number of nitrogens with one attached hydrogen (secondary N) is 1. The van der Waals surface area contributed by atoms with E-state index in [-0.39, 0.29) is 11.3 Å². The van der Waals surface area contributed by atoms with Gasteiger partial charge in [-0.05, 0) is 31.1 Å². The van der Waals surface area contributed by atoms with Gasteiger partial charge in [-0.1, -0.05) is 19.8 Å². The van der Waals surface area contributed by atoms with Gasteiger partial charge in [-0.15, -0.1) is 0 Å². The van der Waals surface area contributed by atoms with Gasteiger partial charge in [0, 0.05) is 13.1 Å². The molecule has 1 amide bonds. The van der Waals surface area contributed by atoms with Gasteiger partial charge < -0.3 is 11.1 Å². The molecule has 0 bridgehead atoms. The smallest absolute Gasteiger partial charge is 0.227 e. The summed E-state index contributed by atoms with van der Waals surface area (Å²) < 4.78 is 0. The molecule has 2 aliphatic rings. The molecule has 2 rings (SSSR count). The van der Waals surface area contributed by atoms with Crippen LogP contribution in [0, 0.1) is 10.8 Å². The molecule has 2 fully saturated rings. The van der Waals surface area contributed by atoms with Crippen LogP contribution in [0.15, 0.2) is 0 Å². The largest absolute Gasteiger partial charge is 0.355 e. The van der Waals surface area contributed by atoms with E-state index in [4.69, 9.17) is 5.73 Å². The summed E-state index contributed by atoms with van der Waals surface area (Å²) in [5.74, 6) is 0.198. The van der Waals surface area contributed by atoms with E-state index in [0.29, 0.717) is 12.0 Å². The number of amides is 1. The Hall–Kier alpha value is -0.570. The van der Waals surface area contributed by atoms with Crippen molar-refractivity contribution in [3.05, 3.63) is 0 Å². The Morgan fingerprint density at radius 1 is 1.27 bits per heavy atom. The predicted octanol–water partition coefficient (Wildman–Crippen LogP) is 1.42. The predicted molar refractivity (Wildman–Crippen MR) is 60.3 cm³/mol. The molecule has 0 aromatic heterocycles. The molecule has 3 N–H and O–H groups in total. The summed E-state index contributed by atoms with van der Waals surface area (Å²) in [5.41, 5.74) is 5.86. The van der Waals surface area contributed by atoms with Crippen LogP contribution in [0.25, 0.3) is 0 Å². The standard InChI is InChI=1S/C12H22N2O/c1-11(4-2-5-11)9-14-10(15)12(8-13)6-3-7-12/h2-9,13H2,1H3,(H,14,15). The molecule has 15 heavy (non-hydrogen) atoms. The van der Waals surface area contributed by atoms with Crippen LogP contribution in [0.2, 0.25) is 0 Å². The molecule has 0 aromatic carbocycles. The van der Waals surface area contributed by atoms with Gasteiger partial charge in [0.25, 0.3) is 0 Å². The third kappa shape index (κ3) is 1.89. The highest BCUT2D eigenvalue weighted by Gasteiger charge is 2.43. The van der Waals surface area contributed by atoms with E-state index < -0.39 is 0 Å². The summed E-state index contributed by atoms with van der Waals surface area (Å²) in [5, 5.41) is 3.10. The van der Waals surface area contributed by atoms with Gasteiger partial charge in [0.05, 0.1) is 5.41 Å². The lowest BCUT2D eigenvalue weighted by Crippen LogP contribution is -2.52. The maximum absolute atomic E-state index is 12.0. The maximum atomic E-state index is 12.0. The van der Waals surface area contributed by atoms with Crippen LogP contribution in [0.4, 0.5) is 0 Å². The summed E-state index contributed by atoms with van der Waals surface area (Å²) in [4.78, 5) is 12.0. The molecule has 0 unspecified atom stereocenters. The van der Waals surface area contributed by atoms with Crippen molar-refractivity contribution in [3.8, 4) is 0 Å². The Labute approximate surface area is 91.8 Å². The molecule has 0 heterocycles. The Balaban J connectivity index is 1.81. The molecule has 0 aliphatic heterocycles. The van der Waals surface area contributed by atoms with Crippen molar-refractivity contribution in [2.24, 2.45) is 16.6 Å². The van der Waals surface area contributed by atoms with Crippen molar-refractivity contribution in [3.63, 3.8) is 0 Å². The summed E-state index contributed by atoms with van der Waals surface area (Å²) in [6.07, 6.45) is 6.93. The molecule has 0 saturated heterocycles. The zero-order chi connectivity index (χ0) is 10.9. The highest BCUT2D eigenvalue weighted by molar-refractivity contribution is 5.83. The summed E-state index contributed by atoms with van der Waals surface area (Å²) in [6.45, 7) is 3.61. The molecule has 3 heteroatoms. The first-order valence-corrected chi connectivity index (χ1v) is 6.09. The van der Waals surface area contributed by atoms with E-state index in [1.165, 1.54) is 19.3 Å². The molecule has 86 valence electrons. The third-order valence-electron chi connectivity index (χ3n) is 4.42. The molecular weight excluding hydrogens is 188 g/mol. The highest BCUT2D eigenvalue weighted by atomic mass is 16.2. The number of rotatable bonds is 4. The fourth-order valence-corrected chi connectivity index (χ4v) is 2.57. The van der Waals surface area contributed by atoms with Crippen LogP contribution in [0.5, 0.6) is 0 Å². The van der Waals surface area contributed by atoms with Crippen LogP contribution < -0.4 is 11.1 Å². The van der Waals surface area contributed by atoms with Gasteiger partial charge in [0.2, 0.25) is 5.91 Å². The second-order valence-electron chi connectivity index (χ2n) is 5.68. The molecule has 3 nitrogen and oxygen atoms in total. The second kappa shape index (κ2) is 3.78. The number of carbonyl (C=O) groups is 1. The minimum absolute atomic E-state index is 0.198. The first-order chi connectivity index (χ1) is 7.10. The van der Waals surface area contributed by atoms with Crippen LogP contribution in [0.3, 0.4) is 0 Å². The number of hydrogen-bond acceptors (Lipinski definition) is 2. The minimum atomic E-state index is -0.208. The lowest BCUT2D eigenvalue weighted by atomic mass is 9.67. The summed E-state index contributed by atoms with van der Waals surface area (Å²) >= 11 is 0. The zero-order valence-corrected chi connectivity index (χ0v) is 9.64. The molecule has 0 radical (unpaired) electrons. The van der Waals surface area contributed by atoms with Crippen LogP contribution in [-0.2, 0) is 4.79 Å². The van der Waals surface area contributed by atoms with E-state index >= 15 is 0 Å². The number of hydrogen-bond donors (Lipinski definition) is 2. The fraction of sp³-hybridized carbons (Fsp3) is 0.917. The van der Waals surface area contributed by atoms with Gasteiger partial charge in [0.15, 0.2) is 0 Å². The van der Waals surface area contributed by atoms with Gasteiger partial charge in [-0.2, -0.15) is 0 Å². The minimum Gasteiger partial charge on any atom is -0.355 e. The molecule has 2 aliphatic carbocycles. The van der Waals surface area contributed by atoms with Crippen molar-refractivity contribution < 1.29 is 4.79 Å². The van der Waals surface area contributed by atoms with Gasteiger partial charge >= 0.3 is 0 Å². The van der Waals surface area contributed by atoms with Crippen LogP contribution >= 0.6 is 0 Å². The second-order valence-corrected chi connectivity index (χ2v) is 5.68. The number of carbonyl (C=O) groups excluding carboxylic acids is 1. The monoisotopic (exact) mass is 210 g/mol. The van der Waals surface area contributed by atoms with Gasteiger partial charge in [-0.25, -0.2) is 0 Å². The van der Waals surface area contributed by atoms with Gasteiger partial charge in [0.1, 0.15) is 0 Å². The highest BCUT2D eigenvalue weighted by Crippen LogP contribution is 2.42. The van der Waals surface area contributed by atoms with E-state index in [9.17, 15) is 4.79 Å². The van der Waals surface area contributed by atoms with E-state index in [1.54, 1.807) is 0 Å². The third-order valence-corrected chi connectivity index (χ3v) is 4.42. The maximum Gasteiger partial charge on any atom is 0.227 e. The first kappa shape index (κ1) is 10.9. The molecule has 0 atom stereocenters. The topological polar surface area (TPSA) is 55.1 Å². The first-order valence-electron chi connectivity index (χ1n) is 6.09. The van der Waals surface area contributed by atoms with E-state index in [1.807, 2.05) is 0 Å². The molecule has 0 spiro atoms.